The van der Waals surface area contributed by atoms with Gasteiger partial charge in [-0.3, -0.25) is 0 Å². The summed E-state index contributed by atoms with van der Waals surface area (Å²) in [6, 6.07) is 4.08. The molecule has 0 radical (unpaired) electrons. The van der Waals surface area contributed by atoms with Crippen molar-refractivity contribution < 1.29 is 13.2 Å². The van der Waals surface area contributed by atoms with Gasteiger partial charge in [0.15, 0.2) is 5.69 Å². The average molecular weight is 244 g/mol. The Morgan fingerprint density at radius 2 is 1.94 bits per heavy atom. The van der Waals surface area contributed by atoms with Gasteiger partial charge in [-0.25, -0.2) is 0 Å². The molecule has 0 bridgehead atoms. The summed E-state index contributed by atoms with van der Waals surface area (Å²) in [4.78, 5) is 0. The predicted molar refractivity (Wildman–Crippen MR) is 54.9 cm³/mol. The molecule has 1 aromatic rings. The van der Waals surface area contributed by atoms with Gasteiger partial charge in [0.1, 0.15) is 5.82 Å². The van der Waals surface area contributed by atoms with Crippen molar-refractivity contribution in [2.45, 2.75) is 20.0 Å². The summed E-state index contributed by atoms with van der Waals surface area (Å²) in [5.41, 5.74) is -1.66. The Hall–Kier alpha value is -1.84. The van der Waals surface area contributed by atoms with Gasteiger partial charge in [-0.2, -0.15) is 18.4 Å². The van der Waals surface area contributed by atoms with Crippen LogP contribution in [0.5, 0.6) is 0 Å². The van der Waals surface area contributed by atoms with Gasteiger partial charge in [0.25, 0.3) is 0 Å². The summed E-state index contributed by atoms with van der Waals surface area (Å²) in [5.74, 6) is 0.210. The van der Waals surface area contributed by atoms with E-state index in [9.17, 15) is 13.2 Å². The van der Waals surface area contributed by atoms with E-state index in [0.717, 1.165) is 6.07 Å². The Kier molecular flexibility index (Phi) is 3.56. The van der Waals surface area contributed by atoms with Crippen molar-refractivity contribution in [1.29, 1.82) is 5.26 Å². The molecule has 0 fully saturated rings. The maximum absolute atomic E-state index is 12.2. The summed E-state index contributed by atoms with van der Waals surface area (Å²) in [5, 5.41) is 17.9. The van der Waals surface area contributed by atoms with E-state index < -0.39 is 17.3 Å². The third kappa shape index (κ3) is 3.90. The minimum atomic E-state index is -4.49. The van der Waals surface area contributed by atoms with Crippen LogP contribution in [0.15, 0.2) is 12.1 Å². The van der Waals surface area contributed by atoms with Crippen LogP contribution in [0.3, 0.4) is 0 Å². The van der Waals surface area contributed by atoms with Crippen LogP contribution in [0.4, 0.5) is 19.0 Å². The largest absolute Gasteiger partial charge is 0.435 e. The number of anilines is 1. The second-order valence-electron chi connectivity index (χ2n) is 4.15. The maximum Gasteiger partial charge on any atom is 0.435 e. The molecule has 0 atom stereocenters. The summed E-state index contributed by atoms with van der Waals surface area (Å²) in [6.45, 7) is 3.69. The van der Waals surface area contributed by atoms with Crippen LogP contribution in [0.2, 0.25) is 0 Å². The fourth-order valence-electron chi connectivity index (χ4n) is 0.929. The summed E-state index contributed by atoms with van der Waals surface area (Å²) < 4.78 is 36.5. The van der Waals surface area contributed by atoms with Gasteiger partial charge >= 0.3 is 6.18 Å². The molecule has 0 spiro atoms. The van der Waals surface area contributed by atoms with E-state index in [4.69, 9.17) is 5.26 Å². The van der Waals surface area contributed by atoms with Crippen LogP contribution in [0.25, 0.3) is 0 Å². The second kappa shape index (κ2) is 4.57. The molecule has 17 heavy (non-hydrogen) atoms. The van der Waals surface area contributed by atoms with Crippen molar-refractivity contribution in [3.05, 3.63) is 17.8 Å². The smallest absolute Gasteiger partial charge is 0.367 e. The molecule has 4 nitrogen and oxygen atoms in total. The van der Waals surface area contributed by atoms with Crippen LogP contribution in [-0.4, -0.2) is 16.7 Å². The van der Waals surface area contributed by atoms with Crippen LogP contribution in [0.1, 0.15) is 19.5 Å². The van der Waals surface area contributed by atoms with Crippen molar-refractivity contribution in [3.8, 4) is 6.07 Å². The van der Waals surface area contributed by atoms with E-state index in [1.165, 1.54) is 6.07 Å². The van der Waals surface area contributed by atoms with E-state index in [1.54, 1.807) is 13.8 Å². The molecule has 0 aliphatic carbocycles. The molecular formula is C10H11F3N4. The Bertz CT molecular complexity index is 417. The SMILES string of the molecule is CC(C)(C#N)CNc1ccc(C(F)(F)F)nn1. The lowest BCUT2D eigenvalue weighted by molar-refractivity contribution is -0.141. The van der Waals surface area contributed by atoms with Crippen LogP contribution < -0.4 is 5.32 Å². The number of hydrogen-bond acceptors (Lipinski definition) is 4. The highest BCUT2D eigenvalue weighted by Crippen LogP contribution is 2.27. The zero-order valence-corrected chi connectivity index (χ0v) is 9.34. The Morgan fingerprint density at radius 1 is 1.29 bits per heavy atom. The van der Waals surface area contributed by atoms with Gasteiger partial charge in [0.05, 0.1) is 11.5 Å². The van der Waals surface area contributed by atoms with Gasteiger partial charge in [-0.15, -0.1) is 10.2 Å². The van der Waals surface area contributed by atoms with Crippen molar-refractivity contribution in [1.82, 2.24) is 10.2 Å². The molecule has 0 saturated carbocycles. The summed E-state index contributed by atoms with van der Waals surface area (Å²) >= 11 is 0. The van der Waals surface area contributed by atoms with E-state index in [0.29, 0.717) is 0 Å². The van der Waals surface area contributed by atoms with E-state index >= 15 is 0 Å². The number of nitriles is 1. The van der Waals surface area contributed by atoms with Crippen molar-refractivity contribution in [2.75, 3.05) is 11.9 Å². The number of nitrogens with zero attached hydrogens (tertiary/aromatic N) is 3. The normalized spacial score (nSPS) is 12.0. The maximum atomic E-state index is 12.2. The topological polar surface area (TPSA) is 61.6 Å². The number of rotatable bonds is 3. The molecule has 0 aliphatic heterocycles. The Labute approximate surface area is 96.5 Å². The number of alkyl halides is 3. The van der Waals surface area contributed by atoms with Crippen LogP contribution in [-0.2, 0) is 6.18 Å². The van der Waals surface area contributed by atoms with Crippen molar-refractivity contribution in [3.63, 3.8) is 0 Å². The Balaban J connectivity index is 2.68. The number of hydrogen-bond donors (Lipinski definition) is 1. The van der Waals surface area contributed by atoms with Gasteiger partial charge in [0, 0.05) is 6.54 Å². The highest BCUT2D eigenvalue weighted by Gasteiger charge is 2.32. The first-order valence-corrected chi connectivity index (χ1v) is 4.81. The van der Waals surface area contributed by atoms with Crippen molar-refractivity contribution in [2.24, 2.45) is 5.41 Å². The molecule has 0 unspecified atom stereocenters. The molecular weight excluding hydrogens is 233 g/mol. The minimum absolute atomic E-state index is 0.210. The molecule has 0 saturated heterocycles. The lowest BCUT2D eigenvalue weighted by Crippen LogP contribution is -2.21. The molecule has 1 aromatic heterocycles. The number of nitrogens with one attached hydrogen (secondary N) is 1. The lowest BCUT2D eigenvalue weighted by atomic mass is 9.96. The molecule has 0 amide bonds. The zero-order chi connectivity index (χ0) is 13.1. The third-order valence-electron chi connectivity index (χ3n) is 1.97. The average Bonchev–Trinajstić information content (AvgIpc) is 2.26. The van der Waals surface area contributed by atoms with Crippen LogP contribution in [0, 0.1) is 16.7 Å². The fourth-order valence-corrected chi connectivity index (χ4v) is 0.929. The first kappa shape index (κ1) is 13.2. The molecule has 92 valence electrons. The highest BCUT2D eigenvalue weighted by atomic mass is 19.4. The van der Waals surface area contributed by atoms with E-state index in [-0.39, 0.29) is 12.4 Å². The third-order valence-corrected chi connectivity index (χ3v) is 1.97. The monoisotopic (exact) mass is 244 g/mol. The first-order valence-electron chi connectivity index (χ1n) is 4.81. The summed E-state index contributed by atoms with van der Waals surface area (Å²) in [6.07, 6.45) is -4.49. The van der Waals surface area contributed by atoms with Gasteiger partial charge in [-0.1, -0.05) is 0 Å². The predicted octanol–water partition coefficient (Wildman–Crippen LogP) is 2.46. The molecule has 7 heteroatoms. The van der Waals surface area contributed by atoms with E-state index in [1.807, 2.05) is 0 Å². The Morgan fingerprint density at radius 3 is 2.35 bits per heavy atom. The highest BCUT2D eigenvalue weighted by molar-refractivity contribution is 5.34. The summed E-state index contributed by atoms with van der Waals surface area (Å²) in [7, 11) is 0. The molecule has 0 aromatic carbocycles. The quantitative estimate of drug-likeness (QED) is 0.887. The minimum Gasteiger partial charge on any atom is -0.367 e. The fraction of sp³-hybridized carbons (Fsp3) is 0.500. The molecule has 1 heterocycles. The van der Waals surface area contributed by atoms with Gasteiger partial charge in [-0.05, 0) is 26.0 Å². The van der Waals surface area contributed by atoms with Crippen molar-refractivity contribution >= 4 is 5.82 Å². The number of halogens is 3. The zero-order valence-electron chi connectivity index (χ0n) is 9.34. The van der Waals surface area contributed by atoms with Gasteiger partial charge < -0.3 is 5.32 Å². The molecule has 0 aliphatic rings. The number of aromatic nitrogens is 2. The van der Waals surface area contributed by atoms with E-state index in [2.05, 4.69) is 21.6 Å². The molecule has 1 N–H and O–H groups in total. The van der Waals surface area contributed by atoms with Gasteiger partial charge in [0.2, 0.25) is 0 Å². The second-order valence-corrected chi connectivity index (χ2v) is 4.15. The lowest BCUT2D eigenvalue weighted by Gasteiger charge is -2.16. The van der Waals surface area contributed by atoms with Crippen LogP contribution >= 0.6 is 0 Å². The first-order chi connectivity index (χ1) is 7.74. The standard InChI is InChI=1S/C10H11F3N4/c1-9(2,5-14)6-15-8-4-3-7(16-17-8)10(11,12)13/h3-4H,6H2,1-2H3,(H,15,17). The molecule has 1 rings (SSSR count).